The third-order valence-electron chi connectivity index (χ3n) is 3.60. The molecule has 8 heteroatoms. The van der Waals surface area contributed by atoms with E-state index in [1.807, 2.05) is 0 Å². The van der Waals surface area contributed by atoms with E-state index >= 15 is 0 Å². The average Bonchev–Trinajstić information content (AvgIpc) is 2.99. The fraction of sp³-hybridized carbons (Fsp3) is 0.750. The second-order valence-electron chi connectivity index (χ2n) is 5.02. The van der Waals surface area contributed by atoms with Crippen molar-refractivity contribution in [2.24, 2.45) is 5.73 Å². The summed E-state index contributed by atoms with van der Waals surface area (Å²) < 4.78 is 26.1. The highest BCUT2D eigenvalue weighted by molar-refractivity contribution is 7.89. The van der Waals surface area contributed by atoms with Gasteiger partial charge in [0.15, 0.2) is 5.03 Å². The first-order valence-electron chi connectivity index (χ1n) is 7.06. The van der Waals surface area contributed by atoms with Crippen LogP contribution in [0.2, 0.25) is 0 Å². The summed E-state index contributed by atoms with van der Waals surface area (Å²) in [6.45, 7) is 4.43. The van der Waals surface area contributed by atoms with Gasteiger partial charge in [0.25, 0.3) is 10.0 Å². The van der Waals surface area contributed by atoms with Crippen molar-refractivity contribution >= 4 is 10.0 Å². The highest BCUT2D eigenvalue weighted by Gasteiger charge is 2.29. The maximum absolute atomic E-state index is 12.3. The fourth-order valence-corrected chi connectivity index (χ4v) is 3.70. The molecule has 2 rings (SSSR count). The number of aromatic amines is 1. The Balaban J connectivity index is 1.79. The van der Waals surface area contributed by atoms with E-state index in [2.05, 4.69) is 15.1 Å². The molecule has 1 aliphatic heterocycles. The molecule has 0 bridgehead atoms. The van der Waals surface area contributed by atoms with Crippen LogP contribution in [0.4, 0.5) is 0 Å². The monoisotopic (exact) mass is 301 g/mol. The molecule has 1 aliphatic rings. The summed E-state index contributed by atoms with van der Waals surface area (Å²) in [5.41, 5.74) is 5.47. The van der Waals surface area contributed by atoms with E-state index in [1.165, 1.54) is 16.6 Å². The molecule has 20 heavy (non-hydrogen) atoms. The lowest BCUT2D eigenvalue weighted by molar-refractivity contribution is 0.185. The molecule has 1 aromatic rings. The topological polar surface area (TPSA) is 95.3 Å². The van der Waals surface area contributed by atoms with Crippen LogP contribution in [0.1, 0.15) is 19.3 Å². The number of aromatic nitrogens is 2. The summed E-state index contributed by atoms with van der Waals surface area (Å²) in [5.74, 6) is 0. The van der Waals surface area contributed by atoms with Gasteiger partial charge in [-0.25, -0.2) is 8.42 Å². The first kappa shape index (κ1) is 15.4. The van der Waals surface area contributed by atoms with E-state index in [9.17, 15) is 8.42 Å². The maximum atomic E-state index is 12.3. The summed E-state index contributed by atoms with van der Waals surface area (Å²) >= 11 is 0. The van der Waals surface area contributed by atoms with Gasteiger partial charge in [0.05, 0.1) is 6.20 Å². The van der Waals surface area contributed by atoms with Gasteiger partial charge in [0.1, 0.15) is 0 Å². The van der Waals surface area contributed by atoms with Crippen molar-refractivity contribution in [3.8, 4) is 0 Å². The largest absolute Gasteiger partial charge is 0.330 e. The minimum Gasteiger partial charge on any atom is -0.330 e. The number of hydrogen-bond acceptors (Lipinski definition) is 5. The van der Waals surface area contributed by atoms with Crippen LogP contribution < -0.4 is 5.73 Å². The second-order valence-corrected chi connectivity index (χ2v) is 6.92. The number of nitrogens with one attached hydrogen (secondary N) is 1. The molecule has 1 saturated heterocycles. The molecule has 7 nitrogen and oxygen atoms in total. The summed E-state index contributed by atoms with van der Waals surface area (Å²) in [6, 6.07) is 1.49. The minimum atomic E-state index is -3.40. The third kappa shape index (κ3) is 3.78. The Labute approximate surface area is 120 Å². The van der Waals surface area contributed by atoms with Crippen LogP contribution in [-0.2, 0) is 10.0 Å². The molecular weight excluding hydrogens is 278 g/mol. The zero-order valence-corrected chi connectivity index (χ0v) is 12.5. The molecule has 0 aliphatic carbocycles. The zero-order valence-electron chi connectivity index (χ0n) is 11.7. The van der Waals surface area contributed by atoms with E-state index in [0.29, 0.717) is 13.1 Å². The molecule has 3 N–H and O–H groups in total. The molecule has 0 radical (unpaired) electrons. The Kier molecular flexibility index (Phi) is 5.53. The number of rotatable bonds is 7. The highest BCUT2D eigenvalue weighted by atomic mass is 32.2. The van der Waals surface area contributed by atoms with Gasteiger partial charge in [-0.05, 0) is 32.0 Å². The smallest absolute Gasteiger partial charge is 0.260 e. The number of nitrogens with two attached hydrogens (primary N) is 1. The van der Waals surface area contributed by atoms with E-state index in [1.54, 1.807) is 0 Å². The lowest BCUT2D eigenvalue weighted by atomic mass is 10.2. The maximum Gasteiger partial charge on any atom is 0.260 e. The van der Waals surface area contributed by atoms with Crippen molar-refractivity contribution in [3.05, 3.63) is 12.3 Å². The summed E-state index contributed by atoms with van der Waals surface area (Å²) in [5, 5.41) is 6.41. The number of piperazine rings is 1. The number of unbranched alkanes of at least 4 members (excludes halogenated alkanes) is 2. The lowest BCUT2D eigenvalue weighted by Gasteiger charge is -2.33. The first-order valence-corrected chi connectivity index (χ1v) is 8.50. The zero-order chi connectivity index (χ0) is 14.4. The predicted octanol–water partition coefficient (Wildman–Crippen LogP) is -0.155. The normalized spacial score (nSPS) is 18.4. The first-order chi connectivity index (χ1) is 9.64. The van der Waals surface area contributed by atoms with E-state index in [-0.39, 0.29) is 5.03 Å². The van der Waals surface area contributed by atoms with E-state index < -0.39 is 10.0 Å². The third-order valence-corrected chi connectivity index (χ3v) is 5.43. The lowest BCUT2D eigenvalue weighted by Crippen LogP contribution is -2.48. The minimum absolute atomic E-state index is 0.175. The summed E-state index contributed by atoms with van der Waals surface area (Å²) in [4.78, 5) is 2.31. The molecule has 114 valence electrons. The highest BCUT2D eigenvalue weighted by Crippen LogP contribution is 2.15. The Morgan fingerprint density at radius 1 is 1.20 bits per heavy atom. The van der Waals surface area contributed by atoms with Gasteiger partial charge >= 0.3 is 0 Å². The van der Waals surface area contributed by atoms with E-state index in [4.69, 9.17) is 5.73 Å². The standard InChI is InChI=1S/C12H23N5O2S/c13-5-2-1-3-7-16-8-10-17(11-9-16)20(18,19)12-4-6-14-15-12/h4,6H,1-3,5,7-11,13H2,(H,14,15). The van der Waals surface area contributed by atoms with Crippen LogP contribution in [0, 0.1) is 0 Å². The Morgan fingerprint density at radius 2 is 1.95 bits per heavy atom. The van der Waals surface area contributed by atoms with Crippen molar-refractivity contribution in [3.63, 3.8) is 0 Å². The molecule has 0 spiro atoms. The summed E-state index contributed by atoms with van der Waals surface area (Å²) in [6.07, 6.45) is 4.79. The van der Waals surface area contributed by atoms with Crippen LogP contribution in [0.3, 0.4) is 0 Å². The molecule has 2 heterocycles. The number of nitrogens with zero attached hydrogens (tertiary/aromatic N) is 3. The van der Waals surface area contributed by atoms with Crippen LogP contribution in [0.15, 0.2) is 17.3 Å². The Morgan fingerprint density at radius 3 is 2.55 bits per heavy atom. The van der Waals surface area contributed by atoms with Crippen LogP contribution in [0.5, 0.6) is 0 Å². The molecule has 0 amide bonds. The molecular formula is C12H23N5O2S. The van der Waals surface area contributed by atoms with Gasteiger partial charge in [-0.15, -0.1) is 0 Å². The van der Waals surface area contributed by atoms with E-state index in [0.717, 1.165) is 45.4 Å². The molecule has 0 saturated carbocycles. The van der Waals surface area contributed by atoms with Gasteiger partial charge < -0.3 is 10.6 Å². The average molecular weight is 301 g/mol. The van der Waals surface area contributed by atoms with Crippen LogP contribution in [-0.4, -0.2) is 67.1 Å². The van der Waals surface area contributed by atoms with Crippen molar-refractivity contribution in [2.75, 3.05) is 39.3 Å². The molecule has 1 fully saturated rings. The van der Waals surface area contributed by atoms with Gasteiger partial charge in [-0.1, -0.05) is 6.42 Å². The van der Waals surface area contributed by atoms with Crippen molar-refractivity contribution < 1.29 is 8.42 Å². The number of sulfonamides is 1. The number of H-pyrrole nitrogens is 1. The summed E-state index contributed by atoms with van der Waals surface area (Å²) in [7, 11) is -3.40. The van der Waals surface area contributed by atoms with Crippen LogP contribution in [0.25, 0.3) is 0 Å². The van der Waals surface area contributed by atoms with Crippen molar-refractivity contribution in [1.29, 1.82) is 0 Å². The number of hydrogen-bond donors (Lipinski definition) is 2. The predicted molar refractivity (Wildman–Crippen MR) is 76.7 cm³/mol. The van der Waals surface area contributed by atoms with Crippen LogP contribution >= 0.6 is 0 Å². The van der Waals surface area contributed by atoms with Crippen molar-refractivity contribution in [2.45, 2.75) is 24.3 Å². The molecule has 0 aromatic carbocycles. The SMILES string of the molecule is NCCCCCN1CCN(S(=O)(=O)c2ccn[nH]2)CC1. The van der Waals surface area contributed by atoms with Gasteiger partial charge in [-0.2, -0.15) is 9.40 Å². The Bertz CT molecular complexity index is 480. The second kappa shape index (κ2) is 7.16. The molecule has 0 atom stereocenters. The quantitative estimate of drug-likeness (QED) is 0.683. The van der Waals surface area contributed by atoms with Gasteiger partial charge in [-0.3, -0.25) is 5.10 Å². The Hall–Kier alpha value is -0.960. The molecule has 0 unspecified atom stereocenters. The fourth-order valence-electron chi connectivity index (χ4n) is 2.38. The van der Waals surface area contributed by atoms with Crippen molar-refractivity contribution in [1.82, 2.24) is 19.4 Å². The van der Waals surface area contributed by atoms with Gasteiger partial charge in [0.2, 0.25) is 0 Å². The molecule has 1 aromatic heterocycles. The van der Waals surface area contributed by atoms with Gasteiger partial charge in [0, 0.05) is 26.2 Å².